The summed E-state index contributed by atoms with van der Waals surface area (Å²) in [5.41, 5.74) is -1.11. The number of hydrogen-bond donors (Lipinski definition) is 2. The van der Waals surface area contributed by atoms with Crippen molar-refractivity contribution in [1.29, 1.82) is 5.26 Å². The van der Waals surface area contributed by atoms with Gasteiger partial charge in [-0.25, -0.2) is 0 Å². The molecule has 0 spiro atoms. The molecule has 3 aliphatic rings. The number of halogens is 3. The molecule has 2 amide bonds. The molecule has 0 radical (unpaired) electrons. The van der Waals surface area contributed by atoms with Crippen molar-refractivity contribution in [1.82, 2.24) is 10.2 Å². The van der Waals surface area contributed by atoms with Gasteiger partial charge in [0.25, 0.3) is 0 Å². The van der Waals surface area contributed by atoms with Gasteiger partial charge in [-0.2, -0.15) is 18.4 Å². The van der Waals surface area contributed by atoms with E-state index < -0.39 is 42.1 Å². The lowest BCUT2D eigenvalue weighted by molar-refractivity contribution is -0.176. The van der Waals surface area contributed by atoms with Gasteiger partial charge in [-0.15, -0.1) is 0 Å². The van der Waals surface area contributed by atoms with Crippen LogP contribution in [-0.2, 0) is 9.59 Å². The quantitative estimate of drug-likeness (QED) is 0.786. The van der Waals surface area contributed by atoms with Crippen LogP contribution in [-0.4, -0.2) is 52.7 Å². The monoisotopic (exact) mass is 359 g/mol. The van der Waals surface area contributed by atoms with Gasteiger partial charge in [0.05, 0.1) is 12.7 Å². The lowest BCUT2D eigenvalue weighted by atomic mass is 9.78. The first-order valence-electron chi connectivity index (χ1n) is 8.44. The van der Waals surface area contributed by atoms with Crippen LogP contribution in [0.3, 0.4) is 0 Å². The molecule has 25 heavy (non-hydrogen) atoms. The molecule has 1 saturated heterocycles. The van der Waals surface area contributed by atoms with Crippen LogP contribution in [0.5, 0.6) is 0 Å². The molecule has 138 valence electrons. The average molecular weight is 359 g/mol. The predicted octanol–water partition coefficient (Wildman–Crippen LogP) is 1.10. The number of likely N-dealkylation sites (tertiary alicyclic amines) is 1. The number of piperidine rings is 1. The van der Waals surface area contributed by atoms with Crippen LogP contribution in [0.25, 0.3) is 0 Å². The van der Waals surface area contributed by atoms with Gasteiger partial charge in [0.15, 0.2) is 0 Å². The normalized spacial score (nSPS) is 31.2. The second kappa shape index (κ2) is 6.16. The smallest absolute Gasteiger partial charge is 0.396 e. The third kappa shape index (κ3) is 3.08. The van der Waals surface area contributed by atoms with E-state index in [1.165, 1.54) is 4.90 Å². The number of nitrogens with one attached hydrogen (secondary N) is 1. The van der Waals surface area contributed by atoms with E-state index >= 15 is 0 Å². The Labute approximate surface area is 143 Å². The second-order valence-electron chi connectivity index (χ2n) is 7.32. The molecule has 1 heterocycles. The first kappa shape index (κ1) is 18.0. The first-order chi connectivity index (χ1) is 11.7. The van der Waals surface area contributed by atoms with Crippen molar-refractivity contribution in [3.8, 4) is 6.07 Å². The maximum Gasteiger partial charge on any atom is 0.471 e. The minimum atomic E-state index is -5.12. The molecule has 0 aromatic heterocycles. The van der Waals surface area contributed by atoms with Gasteiger partial charge in [0.1, 0.15) is 12.1 Å². The molecule has 0 bridgehead atoms. The van der Waals surface area contributed by atoms with Gasteiger partial charge in [-0.1, -0.05) is 12.8 Å². The van der Waals surface area contributed by atoms with E-state index in [4.69, 9.17) is 0 Å². The number of amides is 2. The lowest BCUT2D eigenvalue weighted by Gasteiger charge is -2.38. The minimum Gasteiger partial charge on any atom is -0.396 e. The van der Waals surface area contributed by atoms with Crippen LogP contribution in [0.4, 0.5) is 13.2 Å². The lowest BCUT2D eigenvalue weighted by Crippen LogP contribution is -2.60. The van der Waals surface area contributed by atoms with Crippen LogP contribution >= 0.6 is 0 Å². The fourth-order valence-electron chi connectivity index (χ4n) is 4.34. The fourth-order valence-corrected chi connectivity index (χ4v) is 4.34. The Balaban J connectivity index is 1.89. The molecule has 2 N–H and O–H groups in total. The van der Waals surface area contributed by atoms with Gasteiger partial charge in [-0.3, -0.25) is 9.59 Å². The predicted molar refractivity (Wildman–Crippen MR) is 78.7 cm³/mol. The molecule has 4 atom stereocenters. The van der Waals surface area contributed by atoms with Gasteiger partial charge in [0, 0.05) is 11.5 Å². The molecule has 1 aliphatic heterocycles. The molecule has 9 heteroatoms. The molecule has 0 aromatic rings. The summed E-state index contributed by atoms with van der Waals surface area (Å²) in [6, 6.07) is -0.266. The van der Waals surface area contributed by atoms with Crippen molar-refractivity contribution in [2.75, 3.05) is 6.61 Å². The summed E-state index contributed by atoms with van der Waals surface area (Å²) in [4.78, 5) is 25.9. The van der Waals surface area contributed by atoms with Crippen molar-refractivity contribution in [2.24, 2.45) is 11.3 Å². The molecule has 3 fully saturated rings. The number of nitriles is 1. The SMILES string of the molecule is N#C[C@@H]1C[C@@H]2C[C@@H]2N1C(=O)C(NC(=O)C(F)(F)F)C1(CO)CCCC1. The van der Waals surface area contributed by atoms with Gasteiger partial charge in [-0.05, 0) is 31.6 Å². The van der Waals surface area contributed by atoms with Crippen molar-refractivity contribution in [3.63, 3.8) is 0 Å². The van der Waals surface area contributed by atoms with Crippen molar-refractivity contribution >= 4 is 11.8 Å². The Kier molecular flexibility index (Phi) is 4.43. The number of alkyl halides is 3. The Bertz CT molecular complexity index is 610. The number of aliphatic hydroxyl groups is 1. The Hall–Kier alpha value is -1.82. The maximum absolute atomic E-state index is 13.0. The number of carbonyl (C=O) groups is 2. The van der Waals surface area contributed by atoms with E-state index in [1.54, 1.807) is 0 Å². The Morgan fingerprint density at radius 2 is 1.96 bits per heavy atom. The van der Waals surface area contributed by atoms with Crippen LogP contribution < -0.4 is 5.32 Å². The summed E-state index contributed by atoms with van der Waals surface area (Å²) in [5.74, 6) is -2.66. The van der Waals surface area contributed by atoms with E-state index in [0.717, 1.165) is 6.42 Å². The summed E-state index contributed by atoms with van der Waals surface area (Å²) < 4.78 is 38.2. The maximum atomic E-state index is 13.0. The number of aliphatic hydroxyl groups excluding tert-OH is 1. The highest BCUT2D eigenvalue weighted by Gasteiger charge is 2.58. The van der Waals surface area contributed by atoms with Gasteiger partial charge >= 0.3 is 12.1 Å². The third-order valence-electron chi connectivity index (χ3n) is 5.81. The molecule has 1 unspecified atom stereocenters. The van der Waals surface area contributed by atoms with Crippen LogP contribution in [0.2, 0.25) is 0 Å². The van der Waals surface area contributed by atoms with E-state index in [1.807, 2.05) is 11.4 Å². The summed E-state index contributed by atoms with van der Waals surface area (Å²) >= 11 is 0. The van der Waals surface area contributed by atoms with Crippen LogP contribution in [0, 0.1) is 22.7 Å². The first-order valence-corrected chi connectivity index (χ1v) is 8.44. The van der Waals surface area contributed by atoms with Crippen LogP contribution in [0.1, 0.15) is 38.5 Å². The summed E-state index contributed by atoms with van der Waals surface area (Å²) in [6.07, 6.45) is -1.82. The molecule has 2 aliphatic carbocycles. The Morgan fingerprint density at radius 1 is 1.32 bits per heavy atom. The topological polar surface area (TPSA) is 93.4 Å². The number of rotatable bonds is 4. The number of carbonyl (C=O) groups excluding carboxylic acids is 2. The zero-order valence-electron chi connectivity index (χ0n) is 13.6. The zero-order chi connectivity index (χ0) is 18.4. The van der Waals surface area contributed by atoms with Crippen LogP contribution in [0.15, 0.2) is 0 Å². The molecular formula is C16H20F3N3O3. The second-order valence-corrected chi connectivity index (χ2v) is 7.32. The highest BCUT2D eigenvalue weighted by molar-refractivity contribution is 5.91. The van der Waals surface area contributed by atoms with E-state index in [-0.39, 0.29) is 12.0 Å². The standard InChI is InChI=1S/C16H20F3N3O3/c17-16(18,19)14(25)21-12(15(8-23)3-1-2-4-15)13(24)22-10(7-20)5-9-6-11(9)22/h9-12,23H,1-6,8H2,(H,21,25)/t9-,10+,11+,12?/m1/s1. The highest BCUT2D eigenvalue weighted by Crippen LogP contribution is 2.49. The molecule has 3 rings (SSSR count). The number of fused-ring (bicyclic) bond motifs is 1. The molecule has 2 saturated carbocycles. The summed E-state index contributed by atoms with van der Waals surface area (Å²) in [6.45, 7) is -0.485. The van der Waals surface area contributed by atoms with Crippen molar-refractivity contribution in [3.05, 3.63) is 0 Å². The highest BCUT2D eigenvalue weighted by atomic mass is 19.4. The van der Waals surface area contributed by atoms with Gasteiger partial charge < -0.3 is 15.3 Å². The van der Waals surface area contributed by atoms with Crippen molar-refractivity contribution < 1.29 is 27.9 Å². The van der Waals surface area contributed by atoms with Gasteiger partial charge in [0.2, 0.25) is 5.91 Å². The number of hydrogen-bond acceptors (Lipinski definition) is 4. The van der Waals surface area contributed by atoms with E-state index in [0.29, 0.717) is 32.1 Å². The van der Waals surface area contributed by atoms with E-state index in [2.05, 4.69) is 0 Å². The Morgan fingerprint density at radius 3 is 2.48 bits per heavy atom. The zero-order valence-corrected chi connectivity index (χ0v) is 13.6. The fraction of sp³-hybridized carbons (Fsp3) is 0.812. The molecule has 6 nitrogen and oxygen atoms in total. The summed E-state index contributed by atoms with van der Waals surface area (Å²) in [5, 5.41) is 20.9. The largest absolute Gasteiger partial charge is 0.471 e. The molecular weight excluding hydrogens is 339 g/mol. The summed E-state index contributed by atoms with van der Waals surface area (Å²) in [7, 11) is 0. The van der Waals surface area contributed by atoms with E-state index in [9.17, 15) is 33.1 Å². The minimum absolute atomic E-state index is 0.139. The average Bonchev–Trinajstić information content (AvgIpc) is 3.00. The molecule has 0 aromatic carbocycles. The van der Waals surface area contributed by atoms with Crippen molar-refractivity contribution in [2.45, 2.75) is 62.8 Å². The number of nitrogens with zero attached hydrogens (tertiary/aromatic N) is 2. The third-order valence-corrected chi connectivity index (χ3v) is 5.81.